The molecule has 3 amide bonds. The van der Waals surface area contributed by atoms with Crippen molar-refractivity contribution < 1.29 is 32.2 Å². The van der Waals surface area contributed by atoms with E-state index in [2.05, 4.69) is 25.0 Å². The Labute approximate surface area is 272 Å². The van der Waals surface area contributed by atoms with Crippen LogP contribution in [0.4, 0.5) is 35.0 Å². The number of carbonyl (C=O) groups is 2. The maximum absolute atomic E-state index is 14.9. The molecule has 1 heterocycles. The number of aliphatic imine (C=N–C) groups is 3. The average molecular weight is 675 g/mol. The van der Waals surface area contributed by atoms with Gasteiger partial charge in [0.05, 0.1) is 41.4 Å². The fourth-order valence-corrected chi connectivity index (χ4v) is 5.00. The van der Waals surface area contributed by atoms with Crippen molar-refractivity contribution in [1.82, 2.24) is 0 Å². The highest BCUT2D eigenvalue weighted by Gasteiger charge is 2.32. The van der Waals surface area contributed by atoms with Crippen LogP contribution in [0.5, 0.6) is 5.75 Å². The first kappa shape index (κ1) is 34.5. The van der Waals surface area contributed by atoms with E-state index >= 15 is 0 Å². The molecule has 242 valence electrons. The molecule has 1 aliphatic rings. The summed E-state index contributed by atoms with van der Waals surface area (Å²) < 4.78 is 49.5. The van der Waals surface area contributed by atoms with Crippen LogP contribution in [0, 0.1) is 12.7 Å². The van der Waals surface area contributed by atoms with Crippen molar-refractivity contribution in [1.29, 1.82) is 0 Å². The summed E-state index contributed by atoms with van der Waals surface area (Å²) in [5.41, 5.74) is 8.55. The molecule has 3 N–H and O–H groups in total. The normalized spacial score (nSPS) is 15.3. The van der Waals surface area contributed by atoms with Crippen LogP contribution in [-0.4, -0.2) is 53.6 Å². The topological polar surface area (TPSA) is 131 Å². The van der Waals surface area contributed by atoms with Crippen LogP contribution in [0.15, 0.2) is 75.6 Å². The fraction of sp³-hybridized carbons (Fsp3) is 0.258. The summed E-state index contributed by atoms with van der Waals surface area (Å²) in [5, 5.41) is 2.40. The Balaban J connectivity index is 1.43. The number of nitrogens with two attached hydrogens (primary N) is 1. The number of nitrogens with zero attached hydrogens (tertiary/aromatic N) is 4. The Morgan fingerprint density at radius 3 is 2.63 bits per heavy atom. The standard InChI is InChI=1S/C31H30ClF3N6O4S/c1-3-21(32)15-44-14-20-5-4-18(2)12-26(20)41-27(42)16-46-31(41)40-30(43)39-25-11-6-19(13-24(25)33)28(36)38-17-37-22-7-9-23(10-8-22)45-29(34)35/h4-13,17,21,29H,3,14-16H2,1-2H3,(H,39,43)(H2,36,37,38)/b40-31-. The molecule has 1 fully saturated rings. The number of urea groups is 1. The summed E-state index contributed by atoms with van der Waals surface area (Å²) in [4.78, 5) is 39.2. The zero-order valence-corrected chi connectivity index (χ0v) is 26.3. The van der Waals surface area contributed by atoms with Gasteiger partial charge in [-0.15, -0.1) is 11.6 Å². The molecule has 0 saturated carbocycles. The van der Waals surface area contributed by atoms with Crippen LogP contribution in [0.2, 0.25) is 0 Å². The molecule has 0 radical (unpaired) electrons. The zero-order valence-electron chi connectivity index (χ0n) is 24.8. The van der Waals surface area contributed by atoms with Crippen molar-refractivity contribution in [3.8, 4) is 5.75 Å². The smallest absolute Gasteiger partial charge is 0.387 e. The molecule has 3 aromatic carbocycles. The van der Waals surface area contributed by atoms with Crippen LogP contribution in [0.3, 0.4) is 0 Å². The lowest BCUT2D eigenvalue weighted by atomic mass is 10.1. The summed E-state index contributed by atoms with van der Waals surface area (Å²) in [5.74, 6) is -1.08. The van der Waals surface area contributed by atoms with Crippen LogP contribution < -0.4 is 20.7 Å². The largest absolute Gasteiger partial charge is 0.435 e. The second-order valence-corrected chi connectivity index (χ2v) is 11.4. The Bertz CT molecular complexity index is 1660. The van der Waals surface area contributed by atoms with Crippen molar-refractivity contribution in [2.24, 2.45) is 20.7 Å². The molecule has 1 saturated heterocycles. The highest BCUT2D eigenvalue weighted by atomic mass is 35.5. The molecule has 46 heavy (non-hydrogen) atoms. The van der Waals surface area contributed by atoms with E-state index in [0.29, 0.717) is 18.0 Å². The van der Waals surface area contributed by atoms with Gasteiger partial charge in [-0.2, -0.15) is 13.8 Å². The van der Waals surface area contributed by atoms with E-state index in [0.717, 1.165) is 41.7 Å². The number of amides is 3. The minimum Gasteiger partial charge on any atom is -0.435 e. The first-order chi connectivity index (χ1) is 22.0. The van der Waals surface area contributed by atoms with Crippen LogP contribution in [0.25, 0.3) is 0 Å². The second kappa shape index (κ2) is 16.2. The summed E-state index contributed by atoms with van der Waals surface area (Å²) >= 11 is 7.25. The van der Waals surface area contributed by atoms with Gasteiger partial charge in [-0.3, -0.25) is 9.69 Å². The molecule has 1 atom stereocenters. The average Bonchev–Trinajstić information content (AvgIpc) is 3.38. The van der Waals surface area contributed by atoms with E-state index in [-0.39, 0.29) is 51.6 Å². The molecular formula is C31H30ClF3N6O4S. The number of hydrogen-bond acceptors (Lipinski definition) is 6. The maximum atomic E-state index is 14.9. The van der Waals surface area contributed by atoms with Crippen LogP contribution in [0.1, 0.15) is 30.0 Å². The number of alkyl halides is 3. The van der Waals surface area contributed by atoms with Crippen molar-refractivity contribution in [3.63, 3.8) is 0 Å². The fourth-order valence-electron chi connectivity index (χ4n) is 4.05. The second-order valence-electron chi connectivity index (χ2n) is 9.82. The molecular weight excluding hydrogens is 645 g/mol. The molecule has 0 aromatic heterocycles. The van der Waals surface area contributed by atoms with Crippen molar-refractivity contribution in [2.75, 3.05) is 22.6 Å². The lowest BCUT2D eigenvalue weighted by Gasteiger charge is -2.21. The minimum absolute atomic E-state index is 0.0201. The monoisotopic (exact) mass is 674 g/mol. The van der Waals surface area contributed by atoms with E-state index in [1.54, 1.807) is 0 Å². The lowest BCUT2D eigenvalue weighted by Crippen LogP contribution is -2.31. The van der Waals surface area contributed by atoms with Gasteiger partial charge in [-0.1, -0.05) is 30.8 Å². The van der Waals surface area contributed by atoms with Crippen molar-refractivity contribution in [3.05, 3.63) is 83.2 Å². The molecule has 1 unspecified atom stereocenters. The molecule has 4 rings (SSSR count). The lowest BCUT2D eigenvalue weighted by molar-refractivity contribution is -0.115. The Hall–Kier alpha value is -4.40. The number of halogens is 4. The van der Waals surface area contributed by atoms with Gasteiger partial charge in [-0.05, 0) is 67.4 Å². The number of amidine groups is 2. The number of hydrogen-bond donors (Lipinski definition) is 2. The van der Waals surface area contributed by atoms with Crippen molar-refractivity contribution >= 4 is 69.7 Å². The van der Waals surface area contributed by atoms with Gasteiger partial charge in [0.25, 0.3) is 0 Å². The quantitative estimate of drug-likeness (QED) is 0.121. The van der Waals surface area contributed by atoms with Gasteiger partial charge in [0, 0.05) is 11.1 Å². The van der Waals surface area contributed by atoms with Gasteiger partial charge in [0.15, 0.2) is 5.17 Å². The summed E-state index contributed by atoms with van der Waals surface area (Å²) in [6.45, 7) is 1.44. The minimum atomic E-state index is -2.94. The third-order valence-corrected chi connectivity index (χ3v) is 7.77. The predicted molar refractivity (Wildman–Crippen MR) is 176 cm³/mol. The summed E-state index contributed by atoms with van der Waals surface area (Å²) in [6, 6.07) is 14.0. The van der Waals surface area contributed by atoms with Crippen LogP contribution in [-0.2, 0) is 16.1 Å². The molecule has 1 aliphatic heterocycles. The highest BCUT2D eigenvalue weighted by Crippen LogP contribution is 2.31. The maximum Gasteiger partial charge on any atom is 0.387 e. The number of anilines is 2. The third kappa shape index (κ3) is 9.55. The molecule has 3 aromatic rings. The summed E-state index contributed by atoms with van der Waals surface area (Å²) in [6.07, 6.45) is 1.87. The van der Waals surface area contributed by atoms with Gasteiger partial charge < -0.3 is 20.5 Å². The number of carbonyl (C=O) groups excluding carboxylic acids is 2. The Morgan fingerprint density at radius 1 is 1.17 bits per heavy atom. The third-order valence-electron chi connectivity index (χ3n) is 6.42. The molecule has 10 nitrogen and oxygen atoms in total. The van der Waals surface area contributed by atoms with Gasteiger partial charge in [0.2, 0.25) is 5.91 Å². The van der Waals surface area contributed by atoms with Gasteiger partial charge in [0.1, 0.15) is 23.7 Å². The van der Waals surface area contributed by atoms with E-state index in [4.69, 9.17) is 22.1 Å². The first-order valence-electron chi connectivity index (χ1n) is 13.9. The van der Waals surface area contributed by atoms with E-state index in [9.17, 15) is 22.8 Å². The first-order valence-corrected chi connectivity index (χ1v) is 15.3. The van der Waals surface area contributed by atoms with E-state index in [1.807, 2.05) is 32.0 Å². The SMILES string of the molecule is CCC(Cl)COCc1ccc(C)cc1N1C(=O)CS/C1=N\C(=O)Nc1ccc(C(N)=NC=Nc2ccc(OC(F)F)cc2)cc1F. The molecule has 0 aliphatic carbocycles. The van der Waals surface area contributed by atoms with Crippen LogP contribution >= 0.6 is 23.4 Å². The van der Waals surface area contributed by atoms with E-state index < -0.39 is 18.5 Å². The number of nitrogens with one attached hydrogen (secondary N) is 1. The number of thioether (sulfide) groups is 1. The Kier molecular flexibility index (Phi) is 12.2. The molecule has 0 bridgehead atoms. The summed E-state index contributed by atoms with van der Waals surface area (Å²) in [7, 11) is 0. The zero-order chi connectivity index (χ0) is 33.2. The van der Waals surface area contributed by atoms with E-state index in [1.165, 1.54) is 41.3 Å². The molecule has 15 heteroatoms. The molecule has 0 spiro atoms. The number of benzene rings is 3. The highest BCUT2D eigenvalue weighted by molar-refractivity contribution is 8.15. The predicted octanol–water partition coefficient (Wildman–Crippen LogP) is 7.00. The van der Waals surface area contributed by atoms with Gasteiger partial charge in [-0.25, -0.2) is 19.2 Å². The van der Waals surface area contributed by atoms with Gasteiger partial charge >= 0.3 is 12.6 Å². The Morgan fingerprint density at radius 2 is 1.93 bits per heavy atom. The number of rotatable bonds is 12. The van der Waals surface area contributed by atoms with Crippen molar-refractivity contribution in [2.45, 2.75) is 38.9 Å². The number of ether oxygens (including phenoxy) is 2. The number of aryl methyl sites for hydroxylation is 1.